The van der Waals surface area contributed by atoms with Crippen molar-refractivity contribution in [2.45, 2.75) is 103 Å². The summed E-state index contributed by atoms with van der Waals surface area (Å²) in [6, 6.07) is 16.7. The zero-order valence-corrected chi connectivity index (χ0v) is 31.1. The Morgan fingerprint density at radius 1 is 1.09 bits per heavy atom. The fourth-order valence-corrected chi connectivity index (χ4v) is 7.16. The summed E-state index contributed by atoms with van der Waals surface area (Å²) in [6.45, 7) is 19.2. The molecule has 3 aromatic heterocycles. The quantitative estimate of drug-likeness (QED) is 0.151. The predicted octanol–water partition coefficient (Wildman–Crippen LogP) is 8.48. The van der Waals surface area contributed by atoms with Gasteiger partial charge in [0.1, 0.15) is 0 Å². The molecule has 0 saturated carbocycles. The molecular weight excluding hydrogens is 623 g/mol. The number of nitrogens with zero attached hydrogens (tertiary/aromatic N) is 4. The van der Waals surface area contributed by atoms with E-state index in [9.17, 15) is 4.21 Å². The molecule has 47 heavy (non-hydrogen) atoms. The lowest BCUT2D eigenvalue weighted by Gasteiger charge is -2.36. The maximum Gasteiger partial charge on any atom is 0.192 e. The van der Waals surface area contributed by atoms with Gasteiger partial charge in [-0.15, -0.1) is 0 Å². The van der Waals surface area contributed by atoms with Crippen molar-refractivity contribution in [1.82, 2.24) is 19.7 Å². The molecule has 4 heterocycles. The zero-order chi connectivity index (χ0) is 34.0. The number of ether oxygens (including phenoxy) is 1. The van der Waals surface area contributed by atoms with E-state index in [4.69, 9.17) is 29.4 Å². The van der Waals surface area contributed by atoms with Crippen LogP contribution in [-0.2, 0) is 26.8 Å². The first-order chi connectivity index (χ1) is 22.2. The summed E-state index contributed by atoms with van der Waals surface area (Å²) in [5, 5.41) is 12.0. The molecule has 0 fully saturated rings. The van der Waals surface area contributed by atoms with Crippen LogP contribution in [0.25, 0.3) is 33.6 Å². The van der Waals surface area contributed by atoms with E-state index in [-0.39, 0.29) is 11.0 Å². The average molecular weight is 674 g/mol. The summed E-state index contributed by atoms with van der Waals surface area (Å²) >= 11 is 0. The van der Waals surface area contributed by atoms with E-state index in [1.54, 1.807) is 0 Å². The van der Waals surface area contributed by atoms with Crippen LogP contribution in [0, 0.1) is 0 Å². The molecule has 252 valence electrons. The lowest BCUT2D eigenvalue weighted by molar-refractivity contribution is 0.161. The normalized spacial score (nSPS) is 15.9. The van der Waals surface area contributed by atoms with Crippen molar-refractivity contribution in [2.24, 2.45) is 5.14 Å². The summed E-state index contributed by atoms with van der Waals surface area (Å²) in [5.41, 5.74) is 7.15. The SMILES string of the molecule is CCC[C@@H](CC(C)(C)S(N)=O)c1cccc(-c2cc(C3=CCOCC3)c3cnn(-c4cccc(CO[Si](C)(C)C(C)(C)C)n4)c3c2)n1. The van der Waals surface area contributed by atoms with E-state index in [0.717, 1.165) is 64.2 Å². The molecule has 0 radical (unpaired) electrons. The fourth-order valence-electron chi connectivity index (χ4n) is 5.85. The van der Waals surface area contributed by atoms with Crippen LogP contribution >= 0.6 is 0 Å². The first kappa shape index (κ1) is 35.3. The Morgan fingerprint density at radius 3 is 2.53 bits per heavy atom. The number of pyridine rings is 2. The Labute approximate surface area is 283 Å². The van der Waals surface area contributed by atoms with Gasteiger partial charge in [0, 0.05) is 22.6 Å². The highest BCUT2D eigenvalue weighted by Gasteiger charge is 2.37. The molecule has 10 heteroatoms. The average Bonchev–Trinajstić information content (AvgIpc) is 3.47. The van der Waals surface area contributed by atoms with Gasteiger partial charge in [0.2, 0.25) is 0 Å². The van der Waals surface area contributed by atoms with Crippen molar-refractivity contribution in [1.29, 1.82) is 0 Å². The smallest absolute Gasteiger partial charge is 0.192 e. The summed E-state index contributed by atoms with van der Waals surface area (Å²) in [5.74, 6) is 0.900. The van der Waals surface area contributed by atoms with Crippen molar-refractivity contribution < 1.29 is 13.4 Å². The number of fused-ring (bicyclic) bond motifs is 1. The lowest BCUT2D eigenvalue weighted by atomic mass is 9.89. The first-order valence-corrected chi connectivity index (χ1v) is 20.8. The molecule has 0 aliphatic carbocycles. The van der Waals surface area contributed by atoms with Crippen molar-refractivity contribution >= 4 is 35.8 Å². The molecule has 4 aromatic rings. The minimum Gasteiger partial charge on any atom is -0.411 e. The van der Waals surface area contributed by atoms with E-state index in [2.05, 4.69) is 77.2 Å². The van der Waals surface area contributed by atoms with Crippen LogP contribution < -0.4 is 5.14 Å². The van der Waals surface area contributed by atoms with E-state index in [0.29, 0.717) is 26.2 Å². The summed E-state index contributed by atoms with van der Waals surface area (Å²) < 4.78 is 25.9. The van der Waals surface area contributed by atoms with Crippen LogP contribution in [0.5, 0.6) is 0 Å². The van der Waals surface area contributed by atoms with E-state index >= 15 is 0 Å². The van der Waals surface area contributed by atoms with Crippen molar-refractivity contribution in [3.8, 4) is 17.1 Å². The predicted molar refractivity (Wildman–Crippen MR) is 196 cm³/mol. The highest BCUT2D eigenvalue weighted by Crippen LogP contribution is 2.38. The number of hydrogen-bond donors (Lipinski definition) is 1. The van der Waals surface area contributed by atoms with E-state index < -0.39 is 24.1 Å². The number of benzene rings is 1. The van der Waals surface area contributed by atoms with Gasteiger partial charge in [-0.2, -0.15) is 5.10 Å². The molecule has 0 saturated heterocycles. The Bertz CT molecular complexity index is 1780. The molecule has 0 spiro atoms. The van der Waals surface area contributed by atoms with Gasteiger partial charge in [-0.25, -0.2) is 13.9 Å². The molecule has 1 unspecified atom stereocenters. The van der Waals surface area contributed by atoms with Crippen LogP contribution in [0.1, 0.15) is 90.1 Å². The van der Waals surface area contributed by atoms with Crippen molar-refractivity contribution in [3.05, 3.63) is 77.8 Å². The lowest BCUT2D eigenvalue weighted by Crippen LogP contribution is -2.40. The second kappa shape index (κ2) is 14.2. The molecule has 1 aromatic carbocycles. The summed E-state index contributed by atoms with van der Waals surface area (Å²) in [6.07, 6.45) is 7.60. The second-order valence-electron chi connectivity index (χ2n) is 14.8. The third-order valence-corrected chi connectivity index (χ3v) is 15.5. The maximum absolute atomic E-state index is 12.3. The molecular formula is C37H51N5O3SSi. The molecule has 1 aliphatic rings. The van der Waals surface area contributed by atoms with Gasteiger partial charge >= 0.3 is 0 Å². The third kappa shape index (κ3) is 8.00. The van der Waals surface area contributed by atoms with Gasteiger partial charge in [-0.05, 0) is 98.8 Å². The number of nitrogens with two attached hydrogens (primary N) is 1. The first-order valence-electron chi connectivity index (χ1n) is 16.7. The van der Waals surface area contributed by atoms with Crippen LogP contribution in [-0.4, -0.2) is 50.2 Å². The Kier molecular flexibility index (Phi) is 10.7. The van der Waals surface area contributed by atoms with E-state index in [1.165, 1.54) is 5.57 Å². The molecule has 8 nitrogen and oxygen atoms in total. The van der Waals surface area contributed by atoms with Gasteiger partial charge in [-0.1, -0.05) is 52.3 Å². The minimum absolute atomic E-state index is 0.121. The maximum atomic E-state index is 12.3. The summed E-state index contributed by atoms with van der Waals surface area (Å²) in [4.78, 5) is 10.2. The van der Waals surface area contributed by atoms with Crippen LogP contribution in [0.15, 0.2) is 60.8 Å². The van der Waals surface area contributed by atoms with Crippen molar-refractivity contribution in [2.75, 3.05) is 13.2 Å². The zero-order valence-electron chi connectivity index (χ0n) is 29.3. The monoisotopic (exact) mass is 673 g/mol. The Morgan fingerprint density at radius 2 is 1.85 bits per heavy atom. The second-order valence-corrected chi connectivity index (χ2v) is 21.3. The van der Waals surface area contributed by atoms with Crippen LogP contribution in [0.2, 0.25) is 18.1 Å². The Balaban J connectivity index is 1.58. The van der Waals surface area contributed by atoms with Gasteiger partial charge in [0.05, 0.1) is 58.7 Å². The largest absolute Gasteiger partial charge is 0.411 e. The highest BCUT2D eigenvalue weighted by atomic mass is 32.2. The van der Waals surface area contributed by atoms with Gasteiger partial charge < -0.3 is 9.16 Å². The van der Waals surface area contributed by atoms with Crippen LogP contribution in [0.4, 0.5) is 0 Å². The molecule has 5 rings (SSSR count). The molecule has 0 bridgehead atoms. The molecule has 2 atom stereocenters. The van der Waals surface area contributed by atoms with Crippen molar-refractivity contribution in [3.63, 3.8) is 0 Å². The fraction of sp³-hybridized carbons (Fsp3) is 0.486. The van der Waals surface area contributed by atoms with Gasteiger partial charge in [-0.3, -0.25) is 10.1 Å². The number of hydrogen-bond acceptors (Lipinski definition) is 6. The van der Waals surface area contributed by atoms with Gasteiger partial charge in [0.15, 0.2) is 14.1 Å². The standard InChI is InChI=1S/C37H51N5O3SSi/c1-9-12-27(23-37(5,6)46(38)43)32-14-11-15-33(41-32)28-21-30(26-17-19-44-20-18-26)31-24-39-42(34(31)22-28)35-16-10-13-29(40-35)25-45-47(7,8)36(2,3)4/h10-11,13-17,21-22,24,27H,9,12,18-20,23,25,38H2,1-8H3/t27-,46?/m0/s1. The number of aromatic nitrogens is 4. The molecule has 1 aliphatic heterocycles. The molecule has 2 N–H and O–H groups in total. The molecule has 0 amide bonds. The van der Waals surface area contributed by atoms with Crippen LogP contribution in [0.3, 0.4) is 0 Å². The number of rotatable bonds is 12. The topological polar surface area (TPSA) is 105 Å². The highest BCUT2D eigenvalue weighted by molar-refractivity contribution is 7.84. The third-order valence-electron chi connectivity index (χ3n) is 9.80. The Hall–Kier alpha value is -3.02. The van der Waals surface area contributed by atoms with Gasteiger partial charge in [0.25, 0.3) is 0 Å². The summed E-state index contributed by atoms with van der Waals surface area (Å²) in [7, 11) is -3.36. The van der Waals surface area contributed by atoms with E-state index in [1.807, 2.05) is 42.9 Å². The minimum atomic E-state index is -1.93.